The Morgan fingerprint density at radius 1 is 1.11 bits per heavy atom. The number of aliphatic carboxylic acids is 1. The van der Waals surface area contributed by atoms with Crippen LogP contribution >= 0.6 is 0 Å². The summed E-state index contributed by atoms with van der Waals surface area (Å²) >= 11 is 0. The maximum Gasteiger partial charge on any atom is 0.308 e. The fourth-order valence-electron chi connectivity index (χ4n) is 2.29. The molecular formula is C19H20N2O7. The molecule has 0 aliphatic heterocycles. The molecule has 0 saturated carbocycles. The number of carboxylic acids is 1. The summed E-state index contributed by atoms with van der Waals surface area (Å²) in [6, 6.07) is 9.51. The van der Waals surface area contributed by atoms with Crippen LogP contribution in [0.25, 0.3) is 0 Å². The zero-order chi connectivity index (χ0) is 20.8. The molecule has 2 aromatic carbocycles. The van der Waals surface area contributed by atoms with Crippen LogP contribution in [-0.4, -0.2) is 35.1 Å². The molecule has 148 valence electrons. The van der Waals surface area contributed by atoms with Gasteiger partial charge in [0.1, 0.15) is 17.2 Å². The van der Waals surface area contributed by atoms with E-state index in [9.17, 15) is 19.7 Å². The number of nitro groups is 1. The molecule has 0 spiro atoms. The van der Waals surface area contributed by atoms with Crippen LogP contribution in [0.15, 0.2) is 42.5 Å². The second-order valence-corrected chi connectivity index (χ2v) is 6.10. The molecule has 1 amide bonds. The Balaban J connectivity index is 2.33. The van der Waals surface area contributed by atoms with Crippen molar-refractivity contribution in [3.05, 3.63) is 58.1 Å². The van der Waals surface area contributed by atoms with Crippen LogP contribution in [-0.2, 0) is 4.79 Å². The highest BCUT2D eigenvalue weighted by Crippen LogP contribution is 2.30. The number of rotatable bonds is 8. The highest BCUT2D eigenvalue weighted by Gasteiger charge is 2.24. The van der Waals surface area contributed by atoms with Gasteiger partial charge < -0.3 is 19.9 Å². The first kappa shape index (κ1) is 20.7. The highest BCUT2D eigenvalue weighted by molar-refractivity contribution is 5.98. The van der Waals surface area contributed by atoms with Crippen LogP contribution < -0.4 is 14.8 Å². The van der Waals surface area contributed by atoms with Crippen molar-refractivity contribution in [2.45, 2.75) is 19.9 Å². The zero-order valence-electron chi connectivity index (χ0n) is 15.5. The summed E-state index contributed by atoms with van der Waals surface area (Å²) in [5, 5.41) is 22.7. The molecule has 0 fully saturated rings. The van der Waals surface area contributed by atoms with E-state index in [0.29, 0.717) is 11.5 Å². The van der Waals surface area contributed by atoms with Gasteiger partial charge in [0, 0.05) is 18.2 Å². The summed E-state index contributed by atoms with van der Waals surface area (Å²) in [7, 11) is 1.52. The number of amides is 1. The molecule has 2 rings (SSSR count). The summed E-state index contributed by atoms with van der Waals surface area (Å²) < 4.78 is 10.8. The third kappa shape index (κ3) is 4.97. The van der Waals surface area contributed by atoms with E-state index in [1.165, 1.54) is 33.1 Å². The maximum absolute atomic E-state index is 12.6. The van der Waals surface area contributed by atoms with Gasteiger partial charge in [0.25, 0.3) is 11.6 Å². The lowest BCUT2D eigenvalue weighted by Crippen LogP contribution is -2.40. The molecule has 9 heteroatoms. The fraction of sp³-hybridized carbons (Fsp3) is 0.263. The van der Waals surface area contributed by atoms with Crippen LogP contribution in [0.2, 0.25) is 0 Å². The number of carbonyl (C=O) groups is 2. The Morgan fingerprint density at radius 2 is 1.71 bits per heavy atom. The lowest BCUT2D eigenvalue weighted by Gasteiger charge is -2.19. The lowest BCUT2D eigenvalue weighted by atomic mass is 10.0. The molecule has 0 bridgehead atoms. The predicted octanol–water partition coefficient (Wildman–Crippen LogP) is 3.23. The molecule has 2 aromatic rings. The van der Waals surface area contributed by atoms with Gasteiger partial charge in [0.2, 0.25) is 0 Å². The second kappa shape index (κ2) is 8.85. The lowest BCUT2D eigenvalue weighted by molar-refractivity contribution is -0.384. The zero-order valence-corrected chi connectivity index (χ0v) is 15.5. The van der Waals surface area contributed by atoms with Gasteiger partial charge in [-0.1, -0.05) is 0 Å². The van der Waals surface area contributed by atoms with Gasteiger partial charge in [0.05, 0.1) is 23.5 Å². The highest BCUT2D eigenvalue weighted by atomic mass is 16.6. The monoisotopic (exact) mass is 388 g/mol. The minimum Gasteiger partial charge on any atom is -0.497 e. The van der Waals surface area contributed by atoms with E-state index < -0.39 is 28.8 Å². The molecule has 0 heterocycles. The van der Waals surface area contributed by atoms with E-state index in [2.05, 4.69) is 5.32 Å². The molecule has 0 saturated heterocycles. The van der Waals surface area contributed by atoms with Gasteiger partial charge in [-0.3, -0.25) is 19.7 Å². The average Bonchev–Trinajstić information content (AvgIpc) is 2.67. The Morgan fingerprint density at radius 3 is 2.25 bits per heavy atom. The summed E-state index contributed by atoms with van der Waals surface area (Å²) in [6.45, 7) is 2.99. The molecule has 9 nitrogen and oxygen atoms in total. The summed E-state index contributed by atoms with van der Waals surface area (Å²) in [5.74, 6) is -1.47. The molecule has 2 N–H and O–H groups in total. The van der Waals surface area contributed by atoms with E-state index in [4.69, 9.17) is 14.6 Å². The van der Waals surface area contributed by atoms with Crippen molar-refractivity contribution in [2.75, 3.05) is 7.11 Å². The molecule has 2 atom stereocenters. The van der Waals surface area contributed by atoms with Crippen molar-refractivity contribution in [3.63, 3.8) is 0 Å². The number of non-ortho nitro benzene ring substituents is 1. The SMILES string of the molecule is COc1ccc(Oc2ccc([N+](=O)[O-])cc2C(=O)NC(C)C(C)C(=O)O)cc1. The molecular weight excluding hydrogens is 368 g/mol. The van der Waals surface area contributed by atoms with Gasteiger partial charge in [-0.15, -0.1) is 0 Å². The van der Waals surface area contributed by atoms with Crippen LogP contribution in [0.5, 0.6) is 17.2 Å². The largest absolute Gasteiger partial charge is 0.497 e. The first-order chi connectivity index (χ1) is 13.2. The summed E-state index contributed by atoms with van der Waals surface area (Å²) in [4.78, 5) is 34.2. The number of benzene rings is 2. The first-order valence-corrected chi connectivity index (χ1v) is 8.37. The third-order valence-electron chi connectivity index (χ3n) is 4.20. The van der Waals surface area contributed by atoms with Gasteiger partial charge >= 0.3 is 5.97 Å². The van der Waals surface area contributed by atoms with E-state index in [1.807, 2.05) is 0 Å². The van der Waals surface area contributed by atoms with E-state index in [-0.39, 0.29) is 17.0 Å². The predicted molar refractivity (Wildman–Crippen MR) is 99.9 cm³/mol. The van der Waals surface area contributed by atoms with Crippen molar-refractivity contribution in [2.24, 2.45) is 5.92 Å². The van der Waals surface area contributed by atoms with E-state index in [0.717, 1.165) is 6.07 Å². The Kier molecular flexibility index (Phi) is 6.54. The van der Waals surface area contributed by atoms with Crippen molar-refractivity contribution in [1.82, 2.24) is 5.32 Å². The minimum absolute atomic E-state index is 0.0746. The minimum atomic E-state index is -1.07. The first-order valence-electron chi connectivity index (χ1n) is 8.37. The smallest absolute Gasteiger partial charge is 0.308 e. The Bertz CT molecular complexity index is 880. The van der Waals surface area contributed by atoms with Crippen LogP contribution in [0.1, 0.15) is 24.2 Å². The standard InChI is InChI=1S/C19H20N2O7/c1-11(19(23)24)12(2)20-18(22)16-10-13(21(25)26)4-9-17(16)28-15-7-5-14(27-3)6-8-15/h4-12H,1-3H3,(H,20,22)(H,23,24). The van der Waals surface area contributed by atoms with Gasteiger partial charge in [-0.2, -0.15) is 0 Å². The number of nitrogens with one attached hydrogen (secondary N) is 1. The number of nitro benzene ring substituents is 1. The molecule has 0 aliphatic carbocycles. The number of ether oxygens (including phenoxy) is 2. The van der Waals surface area contributed by atoms with Gasteiger partial charge in [-0.25, -0.2) is 0 Å². The number of carbonyl (C=O) groups excluding carboxylic acids is 1. The van der Waals surface area contributed by atoms with Crippen molar-refractivity contribution in [1.29, 1.82) is 0 Å². The van der Waals surface area contributed by atoms with Crippen LogP contribution in [0, 0.1) is 16.0 Å². The summed E-state index contributed by atoms with van der Waals surface area (Å²) in [5.41, 5.74) is -0.361. The van der Waals surface area contributed by atoms with Gasteiger partial charge in [0.15, 0.2) is 0 Å². The molecule has 28 heavy (non-hydrogen) atoms. The second-order valence-electron chi connectivity index (χ2n) is 6.10. The van der Waals surface area contributed by atoms with Crippen molar-refractivity contribution >= 4 is 17.6 Å². The maximum atomic E-state index is 12.6. The van der Waals surface area contributed by atoms with Crippen molar-refractivity contribution < 1.29 is 29.1 Å². The number of carboxylic acid groups (broad SMARTS) is 1. The van der Waals surface area contributed by atoms with E-state index >= 15 is 0 Å². The molecule has 2 unspecified atom stereocenters. The quantitative estimate of drug-likeness (QED) is 0.525. The normalized spacial score (nSPS) is 12.5. The van der Waals surface area contributed by atoms with E-state index in [1.54, 1.807) is 24.3 Å². The third-order valence-corrected chi connectivity index (χ3v) is 4.20. The van der Waals surface area contributed by atoms with Crippen LogP contribution in [0.3, 0.4) is 0 Å². The average molecular weight is 388 g/mol. The number of nitrogens with zero attached hydrogens (tertiary/aromatic N) is 1. The number of hydrogen-bond acceptors (Lipinski definition) is 6. The molecule has 0 aliphatic rings. The Labute approximate surface area is 161 Å². The van der Waals surface area contributed by atoms with Gasteiger partial charge in [-0.05, 0) is 44.2 Å². The number of methoxy groups -OCH3 is 1. The number of hydrogen-bond donors (Lipinski definition) is 2. The fourth-order valence-corrected chi connectivity index (χ4v) is 2.29. The van der Waals surface area contributed by atoms with Crippen LogP contribution in [0.4, 0.5) is 5.69 Å². The molecule has 0 radical (unpaired) electrons. The topological polar surface area (TPSA) is 128 Å². The summed E-state index contributed by atoms with van der Waals surface area (Å²) in [6.07, 6.45) is 0. The molecule has 0 aromatic heterocycles. The van der Waals surface area contributed by atoms with Crippen molar-refractivity contribution in [3.8, 4) is 17.2 Å². The Hall–Kier alpha value is -3.62.